The number of hydrogen-bond acceptors (Lipinski definition) is 4. The van der Waals surface area contributed by atoms with Gasteiger partial charge < -0.3 is 14.4 Å². The van der Waals surface area contributed by atoms with E-state index in [1.54, 1.807) is 4.90 Å². The number of nitrogens with zero attached hydrogens (tertiary/aromatic N) is 1. The van der Waals surface area contributed by atoms with Gasteiger partial charge in [-0.25, -0.2) is 0 Å². The smallest absolute Gasteiger partial charge is 0.308 e. The second-order valence-corrected chi connectivity index (χ2v) is 5.87. The molecule has 0 radical (unpaired) electrons. The predicted molar refractivity (Wildman–Crippen MR) is 94.2 cm³/mol. The molecule has 0 spiro atoms. The second-order valence-electron chi connectivity index (χ2n) is 5.87. The Morgan fingerprint density at radius 1 is 1.00 bits per heavy atom. The minimum absolute atomic E-state index is 0.136. The average molecular weight is 339 g/mol. The third-order valence-electron chi connectivity index (χ3n) is 4.11. The Bertz CT molecular complexity index is 729. The molecule has 0 atom stereocenters. The number of anilines is 1. The van der Waals surface area contributed by atoms with E-state index in [0.717, 1.165) is 23.2 Å². The number of fused-ring (bicyclic) bond motifs is 1. The fourth-order valence-electron chi connectivity index (χ4n) is 2.81. The number of ether oxygens (including phenoxy) is 2. The summed E-state index contributed by atoms with van der Waals surface area (Å²) in [4.78, 5) is 25.7. The molecule has 0 saturated heterocycles. The number of rotatable bonds is 7. The van der Waals surface area contributed by atoms with Gasteiger partial charge in [0, 0.05) is 12.2 Å². The van der Waals surface area contributed by atoms with Crippen LogP contribution in [0.25, 0.3) is 0 Å². The van der Waals surface area contributed by atoms with Crippen molar-refractivity contribution < 1.29 is 19.1 Å². The molecule has 0 aromatic heterocycles. The quantitative estimate of drug-likeness (QED) is 0.575. The molecule has 0 saturated carbocycles. The van der Waals surface area contributed by atoms with Crippen molar-refractivity contribution in [2.24, 2.45) is 0 Å². The van der Waals surface area contributed by atoms with Crippen LogP contribution in [0, 0.1) is 0 Å². The van der Waals surface area contributed by atoms with Gasteiger partial charge in [-0.3, -0.25) is 9.59 Å². The zero-order valence-electron chi connectivity index (χ0n) is 14.0. The number of hydrogen-bond donors (Lipinski definition) is 0. The monoisotopic (exact) mass is 339 g/mol. The molecular weight excluding hydrogens is 318 g/mol. The summed E-state index contributed by atoms with van der Waals surface area (Å²) in [6.45, 7) is 1.13. The minimum atomic E-state index is -0.422. The van der Waals surface area contributed by atoms with E-state index >= 15 is 0 Å². The number of esters is 1. The number of carbonyl (C=O) groups is 2. The number of benzene rings is 2. The first-order valence-corrected chi connectivity index (χ1v) is 8.39. The first-order valence-electron chi connectivity index (χ1n) is 8.39. The maximum absolute atomic E-state index is 12.2. The minimum Gasteiger partial charge on any atom is -0.455 e. The third kappa shape index (κ3) is 4.67. The average Bonchev–Trinajstić information content (AvgIpc) is 3.08. The number of amides is 1. The van der Waals surface area contributed by atoms with Crippen LogP contribution in [-0.2, 0) is 32.1 Å². The van der Waals surface area contributed by atoms with Gasteiger partial charge in [-0.2, -0.15) is 0 Å². The Kier molecular flexibility index (Phi) is 5.80. The lowest BCUT2D eigenvalue weighted by Gasteiger charge is -2.17. The third-order valence-corrected chi connectivity index (χ3v) is 4.11. The van der Waals surface area contributed by atoms with E-state index in [1.807, 2.05) is 54.6 Å². The van der Waals surface area contributed by atoms with Gasteiger partial charge in [0.2, 0.25) is 0 Å². The van der Waals surface area contributed by atoms with E-state index in [1.165, 1.54) is 0 Å². The SMILES string of the molecule is O=C(CCOCc1ccccc1)OCC(=O)N1CCc2ccccc21. The fraction of sp³-hybridized carbons (Fsp3) is 0.300. The first kappa shape index (κ1) is 17.2. The van der Waals surface area contributed by atoms with Crippen molar-refractivity contribution in [1.82, 2.24) is 0 Å². The summed E-state index contributed by atoms with van der Waals surface area (Å²) in [5.41, 5.74) is 3.12. The number of carbonyl (C=O) groups excluding carboxylic acids is 2. The fourth-order valence-corrected chi connectivity index (χ4v) is 2.81. The highest BCUT2D eigenvalue weighted by Gasteiger charge is 2.24. The summed E-state index contributed by atoms with van der Waals surface area (Å²) in [5, 5.41) is 0. The number of para-hydroxylation sites is 1. The summed E-state index contributed by atoms with van der Waals surface area (Å²) in [5.74, 6) is -0.614. The molecule has 0 aliphatic carbocycles. The molecule has 25 heavy (non-hydrogen) atoms. The maximum Gasteiger partial charge on any atom is 0.308 e. The van der Waals surface area contributed by atoms with Crippen LogP contribution < -0.4 is 4.90 Å². The molecule has 0 fully saturated rings. The molecule has 1 aliphatic heterocycles. The molecule has 0 N–H and O–H groups in total. The van der Waals surface area contributed by atoms with E-state index in [9.17, 15) is 9.59 Å². The van der Waals surface area contributed by atoms with Crippen LogP contribution in [0.1, 0.15) is 17.5 Å². The molecule has 0 bridgehead atoms. The van der Waals surface area contributed by atoms with Crippen LogP contribution in [-0.4, -0.2) is 31.6 Å². The Labute approximate surface area is 147 Å². The van der Waals surface area contributed by atoms with Crippen molar-refractivity contribution in [2.75, 3.05) is 24.7 Å². The normalized spacial score (nSPS) is 12.7. The van der Waals surface area contributed by atoms with Gasteiger partial charge >= 0.3 is 5.97 Å². The Balaban J connectivity index is 1.36. The lowest BCUT2D eigenvalue weighted by molar-refractivity contribution is -0.148. The highest BCUT2D eigenvalue weighted by Crippen LogP contribution is 2.27. The Morgan fingerprint density at radius 3 is 2.60 bits per heavy atom. The van der Waals surface area contributed by atoms with Crippen molar-refractivity contribution in [3.63, 3.8) is 0 Å². The topological polar surface area (TPSA) is 55.8 Å². The van der Waals surface area contributed by atoms with Gasteiger partial charge in [-0.15, -0.1) is 0 Å². The Morgan fingerprint density at radius 2 is 1.76 bits per heavy atom. The van der Waals surface area contributed by atoms with Crippen LogP contribution >= 0.6 is 0 Å². The standard InChI is InChI=1S/C20H21NO4/c22-19(21-12-10-17-8-4-5-9-18(17)21)15-25-20(23)11-13-24-14-16-6-2-1-3-7-16/h1-9H,10-15H2. The van der Waals surface area contributed by atoms with E-state index in [4.69, 9.17) is 9.47 Å². The summed E-state index contributed by atoms with van der Waals surface area (Å²) in [6.07, 6.45) is 0.972. The van der Waals surface area contributed by atoms with E-state index in [2.05, 4.69) is 0 Å². The van der Waals surface area contributed by atoms with E-state index < -0.39 is 5.97 Å². The second kappa shape index (κ2) is 8.44. The van der Waals surface area contributed by atoms with Crippen molar-refractivity contribution in [3.8, 4) is 0 Å². The van der Waals surface area contributed by atoms with Crippen molar-refractivity contribution in [1.29, 1.82) is 0 Å². The van der Waals surface area contributed by atoms with Crippen LogP contribution in [0.4, 0.5) is 5.69 Å². The van der Waals surface area contributed by atoms with Crippen LogP contribution in [0.5, 0.6) is 0 Å². The van der Waals surface area contributed by atoms with Crippen molar-refractivity contribution in [2.45, 2.75) is 19.4 Å². The summed E-state index contributed by atoms with van der Waals surface area (Å²) in [7, 11) is 0. The largest absolute Gasteiger partial charge is 0.455 e. The van der Waals surface area contributed by atoms with Crippen molar-refractivity contribution in [3.05, 3.63) is 65.7 Å². The maximum atomic E-state index is 12.2. The molecule has 2 aromatic rings. The predicted octanol–water partition coefficient (Wildman–Crippen LogP) is 2.73. The van der Waals surface area contributed by atoms with Crippen LogP contribution in [0.3, 0.4) is 0 Å². The van der Waals surface area contributed by atoms with E-state index in [-0.39, 0.29) is 25.5 Å². The van der Waals surface area contributed by atoms with Gasteiger partial charge in [0.15, 0.2) is 6.61 Å². The molecule has 1 amide bonds. The molecule has 130 valence electrons. The molecule has 5 heteroatoms. The lowest BCUT2D eigenvalue weighted by atomic mass is 10.2. The van der Waals surface area contributed by atoms with E-state index in [0.29, 0.717) is 13.2 Å². The first-order chi connectivity index (χ1) is 12.2. The molecule has 1 heterocycles. The van der Waals surface area contributed by atoms with Crippen LogP contribution in [0.2, 0.25) is 0 Å². The summed E-state index contributed by atoms with van der Waals surface area (Å²) < 4.78 is 10.5. The Hall–Kier alpha value is -2.66. The van der Waals surface area contributed by atoms with Gasteiger partial charge in [-0.1, -0.05) is 48.5 Å². The van der Waals surface area contributed by atoms with Crippen LogP contribution in [0.15, 0.2) is 54.6 Å². The van der Waals surface area contributed by atoms with Gasteiger partial charge in [0.25, 0.3) is 5.91 Å². The molecule has 0 unspecified atom stereocenters. The highest BCUT2D eigenvalue weighted by molar-refractivity contribution is 5.97. The van der Waals surface area contributed by atoms with Gasteiger partial charge in [0.05, 0.1) is 19.6 Å². The molecular formula is C20H21NO4. The molecule has 2 aromatic carbocycles. The molecule has 5 nitrogen and oxygen atoms in total. The molecule has 3 rings (SSSR count). The van der Waals surface area contributed by atoms with Gasteiger partial charge in [0.1, 0.15) is 0 Å². The zero-order chi connectivity index (χ0) is 17.5. The summed E-state index contributed by atoms with van der Waals surface area (Å²) >= 11 is 0. The molecule has 1 aliphatic rings. The van der Waals surface area contributed by atoms with Gasteiger partial charge in [-0.05, 0) is 23.6 Å². The highest BCUT2D eigenvalue weighted by atomic mass is 16.5. The zero-order valence-corrected chi connectivity index (χ0v) is 14.0. The summed E-state index contributed by atoms with van der Waals surface area (Å²) in [6, 6.07) is 17.5. The van der Waals surface area contributed by atoms with Crippen molar-refractivity contribution >= 4 is 17.6 Å². The lowest BCUT2D eigenvalue weighted by Crippen LogP contribution is -2.33.